The molecule has 2 rings (SSSR count). The molecule has 156 valence electrons. The van der Waals surface area contributed by atoms with Gasteiger partial charge in [0.15, 0.2) is 0 Å². The molecule has 10 nitrogen and oxygen atoms in total. The molecule has 1 aliphatic heterocycles. The monoisotopic (exact) mass is 407 g/mol. The zero-order chi connectivity index (χ0) is 21.4. The first-order chi connectivity index (χ1) is 13.8. The highest BCUT2D eigenvalue weighted by atomic mass is 16.7. The van der Waals surface area contributed by atoms with Gasteiger partial charge < -0.3 is 29.2 Å². The second kappa shape index (κ2) is 10.5. The van der Waals surface area contributed by atoms with Gasteiger partial charge in [-0.2, -0.15) is 0 Å². The Morgan fingerprint density at radius 1 is 1.21 bits per heavy atom. The summed E-state index contributed by atoms with van der Waals surface area (Å²) in [6, 6.07) is 4.76. The lowest BCUT2D eigenvalue weighted by atomic mass is 9.72. The van der Waals surface area contributed by atoms with Crippen molar-refractivity contribution in [1.82, 2.24) is 5.32 Å². The van der Waals surface area contributed by atoms with E-state index < -0.39 is 37.8 Å². The van der Waals surface area contributed by atoms with Crippen molar-refractivity contribution < 1.29 is 43.1 Å². The van der Waals surface area contributed by atoms with Crippen molar-refractivity contribution in [2.45, 2.75) is 38.5 Å². The predicted molar refractivity (Wildman–Crippen MR) is 98.6 cm³/mol. The Bertz CT molecular complexity index is 783. The molecular weight excluding hydrogens is 385 g/mol. The Kier molecular flexibility index (Phi) is 8.02. The standard InChI is InChI=1S/C18H22BNO9/c1-3-14(21)20-13-9-11-5-4-6-12(17(11)29-19(13)25)18(24)28-10-27-16(23)8-7-15(22)26-2/h4-6,13,25H,3,7-10H2,1-2H3,(H,20,21)/t13-/m0/s1. The summed E-state index contributed by atoms with van der Waals surface area (Å²) in [5.74, 6) is -2.82. The van der Waals surface area contributed by atoms with Gasteiger partial charge in [0.2, 0.25) is 12.7 Å². The molecule has 0 saturated carbocycles. The fourth-order valence-electron chi connectivity index (χ4n) is 2.62. The first-order valence-electron chi connectivity index (χ1n) is 9.01. The third-order valence-electron chi connectivity index (χ3n) is 4.18. The van der Waals surface area contributed by atoms with Gasteiger partial charge in [0.1, 0.15) is 11.3 Å². The van der Waals surface area contributed by atoms with Crippen molar-refractivity contribution in [2.75, 3.05) is 13.9 Å². The number of carbonyl (C=O) groups is 4. The van der Waals surface area contributed by atoms with Crippen molar-refractivity contribution in [3.8, 4) is 5.75 Å². The second-order valence-corrected chi connectivity index (χ2v) is 6.18. The van der Waals surface area contributed by atoms with Gasteiger partial charge in [-0.3, -0.25) is 14.4 Å². The SMILES string of the molecule is CCC(=O)N[C@H]1Cc2cccc(C(=O)OCOC(=O)CCC(=O)OC)c2OB1O. The normalized spacial score (nSPS) is 14.9. The number of methoxy groups -OCH3 is 1. The summed E-state index contributed by atoms with van der Waals surface area (Å²) < 4.78 is 19.5. The summed E-state index contributed by atoms with van der Waals surface area (Å²) in [6.45, 7) is 1.05. The van der Waals surface area contributed by atoms with Crippen LogP contribution in [0.5, 0.6) is 5.75 Å². The van der Waals surface area contributed by atoms with Crippen molar-refractivity contribution in [1.29, 1.82) is 0 Å². The highest BCUT2D eigenvalue weighted by molar-refractivity contribution is 6.47. The number of fused-ring (bicyclic) bond motifs is 1. The van der Waals surface area contributed by atoms with Crippen molar-refractivity contribution in [3.05, 3.63) is 29.3 Å². The van der Waals surface area contributed by atoms with Crippen LogP contribution in [0.3, 0.4) is 0 Å². The van der Waals surface area contributed by atoms with Crippen LogP contribution in [-0.4, -0.2) is 55.8 Å². The average molecular weight is 407 g/mol. The van der Waals surface area contributed by atoms with E-state index >= 15 is 0 Å². The van der Waals surface area contributed by atoms with Crippen LogP contribution < -0.4 is 9.97 Å². The molecule has 1 amide bonds. The minimum Gasteiger partial charge on any atom is -0.534 e. The molecule has 0 aromatic heterocycles. The topological polar surface area (TPSA) is 137 Å². The Labute approximate surface area is 167 Å². The molecule has 11 heteroatoms. The summed E-state index contributed by atoms with van der Waals surface area (Å²) >= 11 is 0. The molecule has 1 heterocycles. The largest absolute Gasteiger partial charge is 0.547 e. The third-order valence-corrected chi connectivity index (χ3v) is 4.18. The molecule has 0 fully saturated rings. The van der Waals surface area contributed by atoms with E-state index in [1.165, 1.54) is 13.2 Å². The average Bonchev–Trinajstić information content (AvgIpc) is 2.71. The summed E-state index contributed by atoms with van der Waals surface area (Å²) in [5, 5.41) is 12.8. The number of ether oxygens (including phenoxy) is 3. The summed E-state index contributed by atoms with van der Waals surface area (Å²) in [6.07, 6.45) is 0.189. The van der Waals surface area contributed by atoms with E-state index in [1.54, 1.807) is 19.1 Å². The van der Waals surface area contributed by atoms with Gasteiger partial charge in [0, 0.05) is 6.42 Å². The molecule has 0 radical (unpaired) electrons. The molecule has 0 unspecified atom stereocenters. The molecule has 0 saturated heterocycles. The Morgan fingerprint density at radius 3 is 2.62 bits per heavy atom. The molecule has 2 N–H and O–H groups in total. The van der Waals surface area contributed by atoms with E-state index in [9.17, 15) is 24.2 Å². The number of hydrogen-bond donors (Lipinski definition) is 2. The first-order valence-corrected chi connectivity index (χ1v) is 9.01. The maximum absolute atomic E-state index is 12.3. The number of hydrogen-bond acceptors (Lipinski definition) is 9. The van der Waals surface area contributed by atoms with E-state index in [-0.39, 0.29) is 42.9 Å². The lowest BCUT2D eigenvalue weighted by molar-refractivity contribution is -0.155. The number of rotatable bonds is 8. The molecular formula is C18H22BNO9. The van der Waals surface area contributed by atoms with E-state index in [0.29, 0.717) is 5.56 Å². The molecule has 1 aliphatic rings. The molecule has 1 aromatic rings. The number of nitrogens with one attached hydrogen (secondary N) is 1. The van der Waals surface area contributed by atoms with E-state index in [2.05, 4.69) is 10.1 Å². The molecule has 1 atom stereocenters. The third kappa shape index (κ3) is 6.21. The number of esters is 3. The van der Waals surface area contributed by atoms with Crippen molar-refractivity contribution in [3.63, 3.8) is 0 Å². The highest BCUT2D eigenvalue weighted by Crippen LogP contribution is 2.30. The molecule has 1 aromatic carbocycles. The van der Waals surface area contributed by atoms with Crippen LogP contribution in [0.25, 0.3) is 0 Å². The van der Waals surface area contributed by atoms with Gasteiger partial charge in [-0.25, -0.2) is 4.79 Å². The minimum atomic E-state index is -1.33. The van der Waals surface area contributed by atoms with Crippen molar-refractivity contribution >= 4 is 30.9 Å². The molecule has 29 heavy (non-hydrogen) atoms. The van der Waals surface area contributed by atoms with Gasteiger partial charge in [-0.05, 0) is 18.1 Å². The van der Waals surface area contributed by atoms with Crippen LogP contribution in [0.1, 0.15) is 42.1 Å². The lowest BCUT2D eigenvalue weighted by Gasteiger charge is -2.29. The Balaban J connectivity index is 1.94. The zero-order valence-corrected chi connectivity index (χ0v) is 16.1. The summed E-state index contributed by atoms with van der Waals surface area (Å²) in [7, 11) is -0.127. The maximum atomic E-state index is 12.3. The quantitative estimate of drug-likeness (QED) is 0.350. The fourth-order valence-corrected chi connectivity index (χ4v) is 2.62. The van der Waals surface area contributed by atoms with Crippen LogP contribution in [0.4, 0.5) is 0 Å². The zero-order valence-electron chi connectivity index (χ0n) is 16.1. The first kappa shape index (κ1) is 22.2. The number of para-hydroxylation sites is 1. The fraction of sp³-hybridized carbons (Fsp3) is 0.444. The molecule has 0 aliphatic carbocycles. The van der Waals surface area contributed by atoms with E-state index in [1.807, 2.05) is 0 Å². The van der Waals surface area contributed by atoms with Gasteiger partial charge in [-0.15, -0.1) is 0 Å². The van der Waals surface area contributed by atoms with Gasteiger partial charge in [0.05, 0.1) is 25.9 Å². The van der Waals surface area contributed by atoms with Gasteiger partial charge in [-0.1, -0.05) is 19.1 Å². The lowest BCUT2D eigenvalue weighted by Crippen LogP contribution is -2.53. The summed E-state index contributed by atoms with van der Waals surface area (Å²) in [4.78, 5) is 46.3. The number of benzene rings is 1. The summed E-state index contributed by atoms with van der Waals surface area (Å²) in [5.41, 5.74) is 0.661. The van der Waals surface area contributed by atoms with Crippen LogP contribution >= 0.6 is 0 Å². The second-order valence-electron chi connectivity index (χ2n) is 6.18. The number of carbonyl (C=O) groups excluding carboxylic acids is 4. The number of amides is 1. The van der Waals surface area contributed by atoms with Crippen molar-refractivity contribution in [2.24, 2.45) is 0 Å². The maximum Gasteiger partial charge on any atom is 0.547 e. The van der Waals surface area contributed by atoms with Gasteiger partial charge >= 0.3 is 25.0 Å². The van der Waals surface area contributed by atoms with Crippen LogP contribution in [0.2, 0.25) is 0 Å². The molecule has 0 spiro atoms. The molecule has 0 bridgehead atoms. The predicted octanol–water partition coefficient (Wildman–Crippen LogP) is 0.147. The Hall–Kier alpha value is -3.08. The Morgan fingerprint density at radius 2 is 1.93 bits per heavy atom. The van der Waals surface area contributed by atoms with Crippen LogP contribution in [0.15, 0.2) is 18.2 Å². The van der Waals surface area contributed by atoms with Crippen LogP contribution in [0, 0.1) is 0 Å². The van der Waals surface area contributed by atoms with Gasteiger partial charge in [0.25, 0.3) is 0 Å². The van der Waals surface area contributed by atoms with Crippen LogP contribution in [-0.2, 0) is 35.0 Å². The highest BCUT2D eigenvalue weighted by Gasteiger charge is 2.37. The van der Waals surface area contributed by atoms with E-state index in [4.69, 9.17) is 14.1 Å². The smallest absolute Gasteiger partial charge is 0.534 e. The minimum absolute atomic E-state index is 0.0485. The van der Waals surface area contributed by atoms with E-state index in [0.717, 1.165) is 0 Å².